The zero-order valence-electron chi connectivity index (χ0n) is 27.0. The van der Waals surface area contributed by atoms with Gasteiger partial charge < -0.3 is 0 Å². The largest absolute Gasteiger partial charge is 0.290 e. The molecule has 1 aliphatic rings. The Bertz CT molecular complexity index is 2960. The molecule has 0 bridgehead atoms. The van der Waals surface area contributed by atoms with E-state index in [1.807, 2.05) is 18.5 Å². The number of hydrogen-bond acceptors (Lipinski definition) is 3. The van der Waals surface area contributed by atoms with Crippen LogP contribution in [0.4, 0.5) is 0 Å². The molecule has 4 nitrogen and oxygen atoms in total. The number of benzene rings is 6. The number of pyridine rings is 3. The van der Waals surface area contributed by atoms with Gasteiger partial charge in [0.05, 0.1) is 33.2 Å². The van der Waals surface area contributed by atoms with Crippen LogP contribution in [-0.4, -0.2) is 19.4 Å². The molecule has 0 radical (unpaired) electrons. The standard InChI is InChI=1S/C46H28N4/c1-2-14-33-29(11-1)24-26-48-43(33)30-12-9-13-31(27-30)46(38-17-5-3-15-34(38)35-16-4-6-18-39(35)46)32-22-23-36-37(28-32)45-49-40-19-7-8-20-41(40)50(45)42-21-10-25-47-44(36)42/h1-28H. The zero-order chi connectivity index (χ0) is 32.8. The summed E-state index contributed by atoms with van der Waals surface area (Å²) in [5, 5.41) is 4.50. The average molecular weight is 637 g/mol. The Balaban J connectivity index is 1.27. The number of hydrogen-bond donors (Lipinski definition) is 0. The topological polar surface area (TPSA) is 43.1 Å². The molecule has 1 aliphatic carbocycles. The molecule has 4 aromatic heterocycles. The van der Waals surface area contributed by atoms with Gasteiger partial charge in [-0.25, -0.2) is 4.98 Å². The van der Waals surface area contributed by atoms with Crippen LogP contribution >= 0.6 is 0 Å². The third kappa shape index (κ3) is 3.57. The van der Waals surface area contributed by atoms with E-state index >= 15 is 0 Å². The van der Waals surface area contributed by atoms with E-state index in [1.165, 1.54) is 38.8 Å². The van der Waals surface area contributed by atoms with Gasteiger partial charge in [0.25, 0.3) is 0 Å². The number of aromatic nitrogens is 4. The van der Waals surface area contributed by atoms with Crippen LogP contribution in [0.15, 0.2) is 170 Å². The van der Waals surface area contributed by atoms with Crippen molar-refractivity contribution in [3.05, 3.63) is 192 Å². The second kappa shape index (κ2) is 10.2. The highest BCUT2D eigenvalue weighted by Crippen LogP contribution is 2.56. The maximum absolute atomic E-state index is 5.25. The molecule has 50 heavy (non-hydrogen) atoms. The fourth-order valence-corrected chi connectivity index (χ4v) is 8.68. The number of para-hydroxylation sites is 2. The van der Waals surface area contributed by atoms with Gasteiger partial charge in [-0.15, -0.1) is 0 Å². The summed E-state index contributed by atoms with van der Waals surface area (Å²) < 4.78 is 2.28. The Morgan fingerprint density at radius 1 is 0.480 bits per heavy atom. The predicted octanol–water partition coefficient (Wildman–Crippen LogP) is 10.8. The molecular weight excluding hydrogens is 609 g/mol. The first-order valence-corrected chi connectivity index (χ1v) is 17.0. The monoisotopic (exact) mass is 636 g/mol. The minimum Gasteiger partial charge on any atom is -0.290 e. The summed E-state index contributed by atoms with van der Waals surface area (Å²) in [5.74, 6) is 0. The molecule has 0 unspecified atom stereocenters. The van der Waals surface area contributed by atoms with Gasteiger partial charge in [0.1, 0.15) is 5.65 Å². The Morgan fingerprint density at radius 3 is 2.10 bits per heavy atom. The summed E-state index contributed by atoms with van der Waals surface area (Å²) in [7, 11) is 0. The second-order valence-electron chi connectivity index (χ2n) is 13.2. The number of imidazole rings is 1. The molecule has 0 aliphatic heterocycles. The van der Waals surface area contributed by atoms with E-state index in [4.69, 9.17) is 15.0 Å². The van der Waals surface area contributed by atoms with Crippen LogP contribution in [0.2, 0.25) is 0 Å². The van der Waals surface area contributed by atoms with E-state index in [2.05, 4.69) is 156 Å². The van der Waals surface area contributed by atoms with E-state index in [1.54, 1.807) is 0 Å². The quantitative estimate of drug-likeness (QED) is 0.181. The van der Waals surface area contributed by atoms with Gasteiger partial charge in [-0.05, 0) is 81.2 Å². The summed E-state index contributed by atoms with van der Waals surface area (Å²) >= 11 is 0. The molecule has 0 atom stereocenters. The summed E-state index contributed by atoms with van der Waals surface area (Å²) in [6, 6.07) is 56.9. The van der Waals surface area contributed by atoms with Crippen molar-refractivity contribution >= 4 is 49.3 Å². The molecule has 0 amide bonds. The molecular formula is C46H28N4. The van der Waals surface area contributed by atoms with Crippen molar-refractivity contribution in [2.75, 3.05) is 0 Å². The smallest absolute Gasteiger partial charge is 0.146 e. The third-order valence-electron chi connectivity index (χ3n) is 10.7. The fraction of sp³-hybridized carbons (Fsp3) is 0.0217. The summed E-state index contributed by atoms with van der Waals surface area (Å²) in [4.78, 5) is 15.1. The van der Waals surface area contributed by atoms with E-state index in [9.17, 15) is 0 Å². The summed E-state index contributed by atoms with van der Waals surface area (Å²) in [5.41, 5.74) is 13.9. The van der Waals surface area contributed by atoms with Gasteiger partial charge in [0.15, 0.2) is 0 Å². The molecule has 0 saturated heterocycles. The van der Waals surface area contributed by atoms with Crippen molar-refractivity contribution in [3.63, 3.8) is 0 Å². The Labute approximate surface area is 288 Å². The normalized spacial score (nSPS) is 13.4. The lowest BCUT2D eigenvalue weighted by molar-refractivity contribution is 0.770. The lowest BCUT2D eigenvalue weighted by atomic mass is 9.67. The van der Waals surface area contributed by atoms with Crippen molar-refractivity contribution in [1.82, 2.24) is 19.4 Å². The number of rotatable bonds is 3. The van der Waals surface area contributed by atoms with Crippen LogP contribution in [0.3, 0.4) is 0 Å². The van der Waals surface area contributed by atoms with E-state index in [0.717, 1.165) is 55.1 Å². The molecule has 0 fully saturated rings. The summed E-state index contributed by atoms with van der Waals surface area (Å²) in [6.45, 7) is 0. The Kier molecular flexibility index (Phi) is 5.56. The van der Waals surface area contributed by atoms with Crippen LogP contribution in [0.1, 0.15) is 22.3 Å². The van der Waals surface area contributed by atoms with Crippen LogP contribution in [0.25, 0.3) is 71.6 Å². The maximum atomic E-state index is 5.25. The molecule has 4 heteroatoms. The van der Waals surface area contributed by atoms with Crippen LogP contribution < -0.4 is 0 Å². The average Bonchev–Trinajstić information content (AvgIpc) is 3.73. The first-order chi connectivity index (χ1) is 24.8. The molecule has 11 rings (SSSR count). The fourth-order valence-electron chi connectivity index (χ4n) is 8.68. The van der Waals surface area contributed by atoms with Gasteiger partial charge in [0, 0.05) is 34.1 Å². The zero-order valence-corrected chi connectivity index (χ0v) is 27.0. The van der Waals surface area contributed by atoms with Crippen LogP contribution in [0.5, 0.6) is 0 Å². The van der Waals surface area contributed by atoms with Gasteiger partial charge >= 0.3 is 0 Å². The highest BCUT2D eigenvalue weighted by atomic mass is 15.0. The van der Waals surface area contributed by atoms with Gasteiger partial charge in [-0.1, -0.05) is 115 Å². The molecule has 232 valence electrons. The van der Waals surface area contributed by atoms with Gasteiger partial charge in [-0.3, -0.25) is 14.4 Å². The SMILES string of the molecule is c1cc(-c2nccc3ccccc23)cc(C2(c3ccc4c(c3)c3nc5ccccc5n3c3cccnc43)c3ccccc3-c3ccccc32)c1. The number of nitrogens with zero attached hydrogens (tertiary/aromatic N) is 4. The lowest BCUT2D eigenvalue weighted by Crippen LogP contribution is -2.28. The molecule has 6 aromatic carbocycles. The van der Waals surface area contributed by atoms with Crippen molar-refractivity contribution in [2.24, 2.45) is 0 Å². The van der Waals surface area contributed by atoms with Crippen molar-refractivity contribution in [2.45, 2.75) is 5.41 Å². The van der Waals surface area contributed by atoms with Crippen LogP contribution in [-0.2, 0) is 5.41 Å². The highest BCUT2D eigenvalue weighted by molar-refractivity contribution is 6.12. The van der Waals surface area contributed by atoms with Crippen molar-refractivity contribution < 1.29 is 0 Å². The maximum Gasteiger partial charge on any atom is 0.146 e. The molecule has 0 spiro atoms. The highest BCUT2D eigenvalue weighted by Gasteiger charge is 2.46. The van der Waals surface area contributed by atoms with E-state index in [0.29, 0.717) is 0 Å². The van der Waals surface area contributed by atoms with Gasteiger partial charge in [-0.2, -0.15) is 0 Å². The Morgan fingerprint density at radius 2 is 1.22 bits per heavy atom. The van der Waals surface area contributed by atoms with E-state index in [-0.39, 0.29) is 0 Å². The van der Waals surface area contributed by atoms with Crippen molar-refractivity contribution in [1.29, 1.82) is 0 Å². The molecule has 4 heterocycles. The molecule has 0 saturated carbocycles. The van der Waals surface area contributed by atoms with Gasteiger partial charge in [0.2, 0.25) is 0 Å². The second-order valence-corrected chi connectivity index (χ2v) is 13.2. The molecule has 10 aromatic rings. The third-order valence-corrected chi connectivity index (χ3v) is 10.7. The first-order valence-electron chi connectivity index (χ1n) is 17.0. The lowest BCUT2D eigenvalue weighted by Gasteiger charge is -2.34. The minimum atomic E-state index is -0.593. The minimum absolute atomic E-state index is 0.593. The summed E-state index contributed by atoms with van der Waals surface area (Å²) in [6.07, 6.45) is 3.81. The van der Waals surface area contributed by atoms with Crippen LogP contribution in [0, 0.1) is 0 Å². The molecule has 0 N–H and O–H groups in total. The number of fused-ring (bicyclic) bond motifs is 12. The Hall–Kier alpha value is -6.65. The predicted molar refractivity (Wildman–Crippen MR) is 204 cm³/mol. The van der Waals surface area contributed by atoms with Crippen molar-refractivity contribution in [3.8, 4) is 22.4 Å². The first kappa shape index (κ1) is 27.3. The van der Waals surface area contributed by atoms with E-state index < -0.39 is 5.41 Å².